The van der Waals surface area contributed by atoms with Crippen LogP contribution in [-0.2, 0) is 6.54 Å². The third-order valence-electron chi connectivity index (χ3n) is 3.39. The molecule has 0 amide bonds. The molecule has 0 saturated carbocycles. The van der Waals surface area contributed by atoms with Crippen LogP contribution < -0.4 is 5.73 Å². The zero-order valence-electron chi connectivity index (χ0n) is 13.2. The number of nitrogens with zero attached hydrogens (tertiary/aromatic N) is 3. The Morgan fingerprint density at radius 2 is 2.15 bits per heavy atom. The lowest BCUT2D eigenvalue weighted by atomic mass is 10.2. The fourth-order valence-corrected chi connectivity index (χ4v) is 2.23. The second-order valence-corrected chi connectivity index (χ2v) is 6.41. The van der Waals surface area contributed by atoms with Crippen LogP contribution in [0.3, 0.4) is 0 Å². The van der Waals surface area contributed by atoms with Crippen LogP contribution in [0.5, 0.6) is 0 Å². The molecule has 0 fully saturated rings. The summed E-state index contributed by atoms with van der Waals surface area (Å²) in [6.45, 7) is 11.6. The van der Waals surface area contributed by atoms with Gasteiger partial charge in [-0.2, -0.15) is 5.10 Å². The summed E-state index contributed by atoms with van der Waals surface area (Å²) in [5.74, 6) is 0.623. The molecule has 4 nitrogen and oxygen atoms in total. The number of hydrogen-bond acceptors (Lipinski definition) is 3. The highest BCUT2D eigenvalue weighted by Gasteiger charge is 2.11. The molecule has 0 aromatic carbocycles. The predicted octanol–water partition coefficient (Wildman–Crippen LogP) is 2.99. The lowest BCUT2D eigenvalue weighted by Gasteiger charge is -2.23. The Kier molecular flexibility index (Phi) is 7.16. The molecule has 1 heterocycles. The van der Waals surface area contributed by atoms with E-state index in [1.807, 2.05) is 0 Å². The maximum absolute atomic E-state index is 5.61. The van der Waals surface area contributed by atoms with E-state index in [0.717, 1.165) is 38.2 Å². The highest BCUT2D eigenvalue weighted by molar-refractivity contribution is 7.80. The molecule has 5 heteroatoms. The molecule has 1 unspecified atom stereocenters. The van der Waals surface area contributed by atoms with Crippen LogP contribution in [-0.4, -0.2) is 32.8 Å². The van der Waals surface area contributed by atoms with Gasteiger partial charge in [0, 0.05) is 38.3 Å². The maximum atomic E-state index is 5.61. The van der Waals surface area contributed by atoms with Crippen molar-refractivity contribution in [3.8, 4) is 0 Å². The number of hydrogen-bond donors (Lipinski definition) is 1. The van der Waals surface area contributed by atoms with Crippen LogP contribution in [0.25, 0.3) is 0 Å². The normalized spacial score (nSPS) is 13.1. The first-order valence-electron chi connectivity index (χ1n) is 7.47. The molecule has 0 bridgehead atoms. The molecule has 0 saturated heterocycles. The van der Waals surface area contributed by atoms with Crippen molar-refractivity contribution < 1.29 is 0 Å². The molecule has 1 rings (SSSR count). The maximum Gasteiger partial charge on any atom is 0.0764 e. The molecule has 0 aliphatic carbocycles. The largest absolute Gasteiger partial charge is 0.393 e. The Balaban J connectivity index is 2.63. The summed E-state index contributed by atoms with van der Waals surface area (Å²) in [4.78, 5) is 2.97. The van der Waals surface area contributed by atoms with Gasteiger partial charge in [-0.1, -0.05) is 33.0 Å². The average Bonchev–Trinajstić information content (AvgIpc) is 2.82. The highest BCUT2D eigenvalue weighted by atomic mass is 32.1. The van der Waals surface area contributed by atoms with E-state index in [9.17, 15) is 0 Å². The van der Waals surface area contributed by atoms with Gasteiger partial charge in [0.05, 0.1) is 10.7 Å². The zero-order valence-corrected chi connectivity index (χ0v) is 14.0. The monoisotopic (exact) mass is 296 g/mol. The lowest BCUT2D eigenvalue weighted by molar-refractivity contribution is 0.239. The van der Waals surface area contributed by atoms with Gasteiger partial charge in [0.1, 0.15) is 0 Å². The molecule has 2 N–H and O–H groups in total. The first kappa shape index (κ1) is 17.1. The van der Waals surface area contributed by atoms with E-state index < -0.39 is 0 Å². The van der Waals surface area contributed by atoms with Gasteiger partial charge < -0.3 is 5.73 Å². The van der Waals surface area contributed by atoms with Gasteiger partial charge in [-0.15, -0.1) is 0 Å². The topological polar surface area (TPSA) is 47.1 Å². The standard InChI is InChI=1S/C15H28N4S/c1-5-13(4)19-9-6-14(17-19)11-18(10-12(2)3)8-7-15(16)20/h6,9,12-13H,5,7-8,10-11H2,1-4H3,(H2,16,20). The van der Waals surface area contributed by atoms with Gasteiger partial charge in [0.25, 0.3) is 0 Å². The minimum Gasteiger partial charge on any atom is -0.393 e. The molecule has 0 radical (unpaired) electrons. The van der Waals surface area contributed by atoms with Crippen LogP contribution in [0.1, 0.15) is 52.3 Å². The molecule has 1 aromatic rings. The summed E-state index contributed by atoms with van der Waals surface area (Å²) in [6.07, 6.45) is 3.94. The van der Waals surface area contributed by atoms with Crippen molar-refractivity contribution in [2.75, 3.05) is 13.1 Å². The van der Waals surface area contributed by atoms with Crippen molar-refractivity contribution in [2.24, 2.45) is 11.7 Å². The second-order valence-electron chi connectivity index (χ2n) is 5.89. The molecule has 1 atom stereocenters. The third-order valence-corrected chi connectivity index (χ3v) is 3.59. The number of nitrogens with two attached hydrogens (primary N) is 1. The van der Waals surface area contributed by atoms with Gasteiger partial charge >= 0.3 is 0 Å². The summed E-state index contributed by atoms with van der Waals surface area (Å²) in [7, 11) is 0. The van der Waals surface area contributed by atoms with Gasteiger partial charge in [0.2, 0.25) is 0 Å². The van der Waals surface area contributed by atoms with Crippen molar-refractivity contribution in [3.05, 3.63) is 18.0 Å². The van der Waals surface area contributed by atoms with E-state index in [0.29, 0.717) is 16.9 Å². The molecule has 20 heavy (non-hydrogen) atoms. The molecule has 0 spiro atoms. The van der Waals surface area contributed by atoms with Crippen molar-refractivity contribution in [3.63, 3.8) is 0 Å². The van der Waals surface area contributed by atoms with E-state index in [2.05, 4.69) is 54.6 Å². The van der Waals surface area contributed by atoms with Crippen LogP contribution >= 0.6 is 12.2 Å². The number of thiocarbonyl (C=S) groups is 1. The van der Waals surface area contributed by atoms with Crippen LogP contribution in [0.4, 0.5) is 0 Å². The minimum absolute atomic E-state index is 0.457. The first-order valence-corrected chi connectivity index (χ1v) is 7.87. The van der Waals surface area contributed by atoms with Crippen LogP contribution in [0.15, 0.2) is 12.3 Å². The molecular weight excluding hydrogens is 268 g/mol. The van der Waals surface area contributed by atoms with Crippen LogP contribution in [0, 0.1) is 5.92 Å². The van der Waals surface area contributed by atoms with E-state index >= 15 is 0 Å². The summed E-state index contributed by atoms with van der Waals surface area (Å²) < 4.78 is 2.05. The summed E-state index contributed by atoms with van der Waals surface area (Å²) in [6, 6.07) is 2.57. The van der Waals surface area contributed by atoms with Gasteiger partial charge in [0.15, 0.2) is 0 Å². The van der Waals surface area contributed by atoms with Crippen molar-refractivity contribution in [1.82, 2.24) is 14.7 Å². The Morgan fingerprint density at radius 1 is 1.45 bits per heavy atom. The van der Waals surface area contributed by atoms with E-state index in [1.165, 1.54) is 0 Å². The van der Waals surface area contributed by atoms with Crippen molar-refractivity contribution in [1.29, 1.82) is 0 Å². The van der Waals surface area contributed by atoms with Gasteiger partial charge in [-0.3, -0.25) is 9.58 Å². The van der Waals surface area contributed by atoms with E-state index in [4.69, 9.17) is 18.0 Å². The molecule has 0 aliphatic heterocycles. The third kappa shape index (κ3) is 6.01. The average molecular weight is 296 g/mol. The van der Waals surface area contributed by atoms with E-state index in [1.54, 1.807) is 0 Å². The summed E-state index contributed by atoms with van der Waals surface area (Å²) in [5, 5.41) is 4.67. The highest BCUT2D eigenvalue weighted by Crippen LogP contribution is 2.11. The molecular formula is C15H28N4S. The zero-order chi connectivity index (χ0) is 15.1. The summed E-state index contributed by atoms with van der Waals surface area (Å²) >= 11 is 4.98. The second kappa shape index (κ2) is 8.37. The smallest absolute Gasteiger partial charge is 0.0764 e. The minimum atomic E-state index is 0.457. The Labute approximate surface area is 128 Å². The molecule has 1 aromatic heterocycles. The Hall–Kier alpha value is -0.940. The Bertz CT molecular complexity index is 414. The van der Waals surface area contributed by atoms with Gasteiger partial charge in [-0.05, 0) is 25.3 Å². The quantitative estimate of drug-likeness (QED) is 0.712. The Morgan fingerprint density at radius 3 is 2.70 bits per heavy atom. The van der Waals surface area contributed by atoms with E-state index in [-0.39, 0.29) is 0 Å². The van der Waals surface area contributed by atoms with Crippen molar-refractivity contribution >= 4 is 17.2 Å². The van der Waals surface area contributed by atoms with Crippen LogP contribution in [0.2, 0.25) is 0 Å². The summed E-state index contributed by atoms with van der Waals surface area (Å²) in [5.41, 5.74) is 6.73. The van der Waals surface area contributed by atoms with Gasteiger partial charge in [-0.25, -0.2) is 0 Å². The molecule has 114 valence electrons. The fraction of sp³-hybridized carbons (Fsp3) is 0.733. The fourth-order valence-electron chi connectivity index (χ4n) is 2.14. The number of rotatable bonds is 9. The predicted molar refractivity (Wildman–Crippen MR) is 88.7 cm³/mol. The number of aromatic nitrogens is 2. The SMILES string of the molecule is CCC(C)n1ccc(CN(CCC(N)=S)CC(C)C)n1. The van der Waals surface area contributed by atoms with Crippen molar-refractivity contribution in [2.45, 2.75) is 53.1 Å². The lowest BCUT2D eigenvalue weighted by Crippen LogP contribution is -2.30. The molecule has 0 aliphatic rings. The first-order chi connectivity index (χ1) is 9.42.